The zero-order valence-electron chi connectivity index (χ0n) is 17.7. The van der Waals surface area contributed by atoms with Crippen LogP contribution in [-0.4, -0.2) is 28.5 Å². The van der Waals surface area contributed by atoms with E-state index >= 15 is 0 Å². The summed E-state index contributed by atoms with van der Waals surface area (Å²) in [5.41, 5.74) is 2.73. The molecule has 0 saturated heterocycles. The van der Waals surface area contributed by atoms with E-state index in [2.05, 4.69) is 10.0 Å². The molecule has 0 aromatic heterocycles. The third kappa shape index (κ3) is 5.16. The summed E-state index contributed by atoms with van der Waals surface area (Å²) < 4.78 is 38.5. The van der Waals surface area contributed by atoms with E-state index in [9.17, 15) is 13.2 Å². The molecule has 0 fully saturated rings. The smallest absolute Gasteiger partial charge is 0.262 e. The fourth-order valence-electron chi connectivity index (χ4n) is 2.99. The predicted octanol–water partition coefficient (Wildman–Crippen LogP) is 4.37. The second-order valence-electron chi connectivity index (χ2n) is 6.97. The third-order valence-electron chi connectivity index (χ3n) is 4.69. The molecule has 2 N–H and O–H groups in total. The van der Waals surface area contributed by atoms with Crippen molar-refractivity contribution < 1.29 is 22.7 Å². The van der Waals surface area contributed by atoms with Gasteiger partial charge in [-0.1, -0.05) is 12.1 Å². The van der Waals surface area contributed by atoms with E-state index in [0.717, 1.165) is 5.56 Å². The third-order valence-corrected chi connectivity index (χ3v) is 6.21. The Kier molecular flexibility index (Phi) is 6.50. The average molecular weight is 441 g/mol. The van der Waals surface area contributed by atoms with Crippen molar-refractivity contribution in [3.63, 3.8) is 0 Å². The maximum Gasteiger partial charge on any atom is 0.262 e. The number of anilines is 2. The van der Waals surface area contributed by atoms with E-state index in [0.29, 0.717) is 34.0 Å². The number of carbonyl (C=O) groups excluding carboxylic acids is 1. The molecule has 3 aromatic rings. The van der Waals surface area contributed by atoms with Gasteiger partial charge >= 0.3 is 0 Å². The van der Waals surface area contributed by atoms with Crippen molar-refractivity contribution in [3.8, 4) is 11.5 Å². The highest BCUT2D eigenvalue weighted by molar-refractivity contribution is 7.92. The van der Waals surface area contributed by atoms with Crippen LogP contribution in [0.2, 0.25) is 0 Å². The van der Waals surface area contributed by atoms with Crippen molar-refractivity contribution in [1.29, 1.82) is 0 Å². The molecule has 0 heterocycles. The fraction of sp³-hybridized carbons (Fsp3) is 0.174. The van der Waals surface area contributed by atoms with E-state index in [1.165, 1.54) is 7.11 Å². The summed E-state index contributed by atoms with van der Waals surface area (Å²) in [4.78, 5) is 12.8. The Hall–Kier alpha value is -3.52. The number of benzene rings is 3. The van der Waals surface area contributed by atoms with Crippen LogP contribution in [0.1, 0.15) is 21.5 Å². The number of nitrogens with one attached hydrogen (secondary N) is 2. The number of sulfonamides is 1. The standard InChI is InChI=1S/C23H24N2O5S/c1-15-5-6-16(2)22(13-15)31(27,28)25-18-9-7-17(8-10-18)23(26)24-20-12-11-19(29-3)14-21(20)30-4/h5-14,25H,1-4H3,(H,24,26). The number of hydrogen-bond donors (Lipinski definition) is 2. The highest BCUT2D eigenvalue weighted by atomic mass is 32.2. The van der Waals surface area contributed by atoms with Crippen molar-refractivity contribution in [1.82, 2.24) is 0 Å². The Morgan fingerprint density at radius 3 is 2.23 bits per heavy atom. The lowest BCUT2D eigenvalue weighted by molar-refractivity contribution is 0.102. The van der Waals surface area contributed by atoms with Gasteiger partial charge in [0.2, 0.25) is 0 Å². The molecule has 0 radical (unpaired) electrons. The van der Waals surface area contributed by atoms with Crippen LogP contribution in [0.4, 0.5) is 11.4 Å². The number of ether oxygens (including phenoxy) is 2. The van der Waals surface area contributed by atoms with Gasteiger partial charge in [-0.2, -0.15) is 0 Å². The van der Waals surface area contributed by atoms with E-state index < -0.39 is 10.0 Å². The van der Waals surface area contributed by atoms with Gasteiger partial charge < -0.3 is 14.8 Å². The van der Waals surface area contributed by atoms with Crippen LogP contribution in [0, 0.1) is 13.8 Å². The molecule has 0 aliphatic heterocycles. The second kappa shape index (κ2) is 9.09. The van der Waals surface area contributed by atoms with Crippen molar-refractivity contribution >= 4 is 27.3 Å². The lowest BCUT2D eigenvalue weighted by Crippen LogP contribution is -2.15. The molecular weight excluding hydrogens is 416 g/mol. The Labute approximate surface area is 182 Å². The molecule has 0 aliphatic carbocycles. The Balaban J connectivity index is 1.76. The van der Waals surface area contributed by atoms with Gasteiger partial charge in [0.15, 0.2) is 0 Å². The van der Waals surface area contributed by atoms with Crippen molar-refractivity contribution in [2.24, 2.45) is 0 Å². The molecule has 162 valence electrons. The van der Waals surface area contributed by atoms with Crippen LogP contribution in [0.25, 0.3) is 0 Å². The predicted molar refractivity (Wildman–Crippen MR) is 121 cm³/mol. The Morgan fingerprint density at radius 1 is 0.871 bits per heavy atom. The van der Waals surface area contributed by atoms with Gasteiger partial charge in [0, 0.05) is 17.3 Å². The topological polar surface area (TPSA) is 93.7 Å². The number of carbonyl (C=O) groups is 1. The van der Waals surface area contributed by atoms with Crippen LogP contribution < -0.4 is 19.5 Å². The summed E-state index contributed by atoms with van der Waals surface area (Å²) in [5, 5.41) is 2.78. The van der Waals surface area contributed by atoms with E-state index in [4.69, 9.17) is 9.47 Å². The highest BCUT2D eigenvalue weighted by Gasteiger charge is 2.18. The van der Waals surface area contributed by atoms with Crippen molar-refractivity contribution in [3.05, 3.63) is 77.4 Å². The van der Waals surface area contributed by atoms with E-state index in [1.807, 2.05) is 13.0 Å². The number of amides is 1. The Bertz CT molecular complexity index is 1210. The Morgan fingerprint density at radius 2 is 1.58 bits per heavy atom. The SMILES string of the molecule is COc1ccc(NC(=O)c2ccc(NS(=O)(=O)c3cc(C)ccc3C)cc2)c(OC)c1. The minimum atomic E-state index is -3.74. The summed E-state index contributed by atoms with van der Waals surface area (Å²) >= 11 is 0. The van der Waals surface area contributed by atoms with Crippen LogP contribution in [0.15, 0.2) is 65.6 Å². The summed E-state index contributed by atoms with van der Waals surface area (Å²) in [6.07, 6.45) is 0. The molecule has 1 amide bonds. The first kappa shape index (κ1) is 22.2. The first-order chi connectivity index (χ1) is 14.7. The zero-order valence-corrected chi connectivity index (χ0v) is 18.5. The maximum atomic E-state index is 12.7. The molecule has 3 aromatic carbocycles. The molecule has 0 saturated carbocycles. The quantitative estimate of drug-likeness (QED) is 0.569. The lowest BCUT2D eigenvalue weighted by atomic mass is 10.2. The molecule has 8 heteroatoms. The molecule has 0 unspecified atom stereocenters. The second-order valence-corrected chi connectivity index (χ2v) is 8.62. The lowest BCUT2D eigenvalue weighted by Gasteiger charge is -2.13. The summed E-state index contributed by atoms with van der Waals surface area (Å²) in [7, 11) is -0.697. The first-order valence-electron chi connectivity index (χ1n) is 9.47. The van der Waals surface area contributed by atoms with Crippen LogP contribution in [-0.2, 0) is 10.0 Å². The zero-order chi connectivity index (χ0) is 22.6. The molecule has 3 rings (SSSR count). The molecule has 0 aliphatic rings. The van der Waals surface area contributed by atoms with Crippen LogP contribution in [0.5, 0.6) is 11.5 Å². The largest absolute Gasteiger partial charge is 0.497 e. The molecule has 0 bridgehead atoms. The minimum Gasteiger partial charge on any atom is -0.497 e. The number of methoxy groups -OCH3 is 2. The van der Waals surface area contributed by atoms with Crippen molar-refractivity contribution in [2.45, 2.75) is 18.7 Å². The van der Waals surface area contributed by atoms with Crippen LogP contribution in [0.3, 0.4) is 0 Å². The fourth-order valence-corrected chi connectivity index (χ4v) is 4.38. The van der Waals surface area contributed by atoms with E-state index in [-0.39, 0.29) is 10.8 Å². The monoisotopic (exact) mass is 440 g/mol. The van der Waals surface area contributed by atoms with Gasteiger partial charge in [-0.25, -0.2) is 8.42 Å². The highest BCUT2D eigenvalue weighted by Crippen LogP contribution is 2.29. The van der Waals surface area contributed by atoms with Gasteiger partial charge in [-0.3, -0.25) is 9.52 Å². The number of hydrogen-bond acceptors (Lipinski definition) is 5. The summed E-state index contributed by atoms with van der Waals surface area (Å²) in [5.74, 6) is 0.716. The van der Waals surface area contributed by atoms with Gasteiger partial charge in [0.05, 0.1) is 24.8 Å². The molecular formula is C23H24N2O5S. The first-order valence-corrected chi connectivity index (χ1v) is 11.0. The van der Waals surface area contributed by atoms with Gasteiger partial charge in [0.25, 0.3) is 15.9 Å². The molecule has 7 nitrogen and oxygen atoms in total. The van der Waals surface area contributed by atoms with Crippen molar-refractivity contribution in [2.75, 3.05) is 24.3 Å². The maximum absolute atomic E-state index is 12.7. The number of rotatable bonds is 7. The molecule has 0 spiro atoms. The number of aryl methyl sites for hydroxylation is 2. The van der Waals surface area contributed by atoms with Gasteiger partial charge in [0.1, 0.15) is 11.5 Å². The summed E-state index contributed by atoms with van der Waals surface area (Å²) in [6, 6.07) is 16.5. The molecule has 31 heavy (non-hydrogen) atoms. The van der Waals surface area contributed by atoms with Gasteiger partial charge in [-0.15, -0.1) is 0 Å². The normalized spacial score (nSPS) is 11.0. The molecule has 0 atom stereocenters. The van der Waals surface area contributed by atoms with E-state index in [1.54, 1.807) is 68.6 Å². The minimum absolute atomic E-state index is 0.223. The average Bonchev–Trinajstić information content (AvgIpc) is 2.75. The summed E-state index contributed by atoms with van der Waals surface area (Å²) in [6.45, 7) is 3.58. The van der Waals surface area contributed by atoms with Crippen LogP contribution >= 0.6 is 0 Å². The van der Waals surface area contributed by atoms with Gasteiger partial charge in [-0.05, 0) is 67.4 Å².